The second kappa shape index (κ2) is 6.15. The number of nitrogens with one attached hydrogen (secondary N) is 1. The Kier molecular flexibility index (Phi) is 4.50. The monoisotopic (exact) mass is 306 g/mol. The minimum absolute atomic E-state index is 0.0999. The van der Waals surface area contributed by atoms with Gasteiger partial charge in [0.15, 0.2) is 9.84 Å². The summed E-state index contributed by atoms with van der Waals surface area (Å²) >= 11 is 0. The molecule has 0 radical (unpaired) electrons. The first-order chi connectivity index (χ1) is 9.91. The SMILES string of the molecule is CS(=O)(=O)c1ccc(NC(CO)c2ccccc2)c(N)c1. The first-order valence-corrected chi connectivity index (χ1v) is 8.33. The van der Waals surface area contributed by atoms with Gasteiger partial charge in [-0.2, -0.15) is 0 Å². The van der Waals surface area contributed by atoms with Gasteiger partial charge in [-0.25, -0.2) is 8.42 Å². The molecule has 2 aromatic rings. The van der Waals surface area contributed by atoms with Crippen LogP contribution in [0.15, 0.2) is 53.4 Å². The zero-order valence-electron chi connectivity index (χ0n) is 11.7. The highest BCUT2D eigenvalue weighted by Crippen LogP contribution is 2.26. The fraction of sp³-hybridized carbons (Fsp3) is 0.200. The maximum absolute atomic E-state index is 11.5. The number of hydrogen-bond acceptors (Lipinski definition) is 5. The molecule has 0 aliphatic heterocycles. The van der Waals surface area contributed by atoms with Gasteiger partial charge < -0.3 is 16.2 Å². The van der Waals surface area contributed by atoms with Gasteiger partial charge in [-0.3, -0.25) is 0 Å². The Labute approximate surface area is 124 Å². The van der Waals surface area contributed by atoms with Crippen molar-refractivity contribution in [3.8, 4) is 0 Å². The summed E-state index contributed by atoms with van der Waals surface area (Å²) in [5.41, 5.74) is 7.73. The van der Waals surface area contributed by atoms with Gasteiger partial charge in [0.1, 0.15) is 0 Å². The van der Waals surface area contributed by atoms with E-state index in [4.69, 9.17) is 5.73 Å². The average molecular weight is 306 g/mol. The normalized spacial score (nSPS) is 12.9. The summed E-state index contributed by atoms with van der Waals surface area (Å²) in [4.78, 5) is 0.172. The van der Waals surface area contributed by atoms with Crippen LogP contribution in [-0.2, 0) is 9.84 Å². The van der Waals surface area contributed by atoms with Gasteiger partial charge in [-0.1, -0.05) is 30.3 Å². The minimum Gasteiger partial charge on any atom is -0.397 e. The highest BCUT2D eigenvalue weighted by atomic mass is 32.2. The van der Waals surface area contributed by atoms with E-state index in [0.29, 0.717) is 11.4 Å². The van der Waals surface area contributed by atoms with Crippen LogP contribution in [0.3, 0.4) is 0 Å². The molecule has 0 aliphatic rings. The number of nitrogens with two attached hydrogens (primary N) is 1. The van der Waals surface area contributed by atoms with E-state index >= 15 is 0 Å². The van der Waals surface area contributed by atoms with Gasteiger partial charge in [0.2, 0.25) is 0 Å². The van der Waals surface area contributed by atoms with Crippen LogP contribution in [0.5, 0.6) is 0 Å². The van der Waals surface area contributed by atoms with Crippen LogP contribution in [0.25, 0.3) is 0 Å². The molecule has 2 rings (SSSR count). The van der Waals surface area contributed by atoms with E-state index in [9.17, 15) is 13.5 Å². The highest BCUT2D eigenvalue weighted by Gasteiger charge is 2.13. The molecule has 0 amide bonds. The van der Waals surface area contributed by atoms with Gasteiger partial charge in [0, 0.05) is 6.26 Å². The van der Waals surface area contributed by atoms with Gasteiger partial charge in [0.25, 0.3) is 0 Å². The third kappa shape index (κ3) is 3.74. The van der Waals surface area contributed by atoms with Gasteiger partial charge in [-0.15, -0.1) is 0 Å². The number of sulfone groups is 1. The van der Waals surface area contributed by atoms with E-state index in [-0.39, 0.29) is 17.5 Å². The molecular weight excluding hydrogens is 288 g/mol. The molecule has 0 fully saturated rings. The molecule has 0 aromatic heterocycles. The second-order valence-electron chi connectivity index (χ2n) is 4.81. The van der Waals surface area contributed by atoms with Crippen molar-refractivity contribution >= 4 is 21.2 Å². The Morgan fingerprint density at radius 3 is 2.38 bits per heavy atom. The topological polar surface area (TPSA) is 92.4 Å². The third-order valence-electron chi connectivity index (χ3n) is 3.17. The molecule has 0 aliphatic carbocycles. The molecule has 0 spiro atoms. The van der Waals surface area contributed by atoms with Crippen LogP contribution in [0.2, 0.25) is 0 Å². The lowest BCUT2D eigenvalue weighted by Gasteiger charge is -2.19. The predicted molar refractivity (Wildman–Crippen MR) is 83.9 cm³/mol. The molecule has 4 N–H and O–H groups in total. The van der Waals surface area contributed by atoms with Crippen LogP contribution in [-0.4, -0.2) is 26.4 Å². The largest absolute Gasteiger partial charge is 0.397 e. The summed E-state index contributed by atoms with van der Waals surface area (Å²) in [6.45, 7) is -0.0999. The van der Waals surface area contributed by atoms with Crippen LogP contribution in [0, 0.1) is 0 Å². The molecule has 0 heterocycles. The van der Waals surface area contributed by atoms with Crippen molar-refractivity contribution in [2.24, 2.45) is 0 Å². The van der Waals surface area contributed by atoms with Crippen molar-refractivity contribution in [2.75, 3.05) is 23.9 Å². The molecule has 0 saturated heterocycles. The summed E-state index contributed by atoms with van der Waals surface area (Å²) < 4.78 is 23.0. The van der Waals surface area contributed by atoms with Crippen molar-refractivity contribution in [1.29, 1.82) is 0 Å². The van der Waals surface area contributed by atoms with Gasteiger partial charge in [0.05, 0.1) is 28.9 Å². The fourth-order valence-corrected chi connectivity index (χ4v) is 2.67. The van der Waals surface area contributed by atoms with Crippen LogP contribution >= 0.6 is 0 Å². The third-order valence-corrected chi connectivity index (χ3v) is 4.28. The fourth-order valence-electron chi connectivity index (χ4n) is 2.01. The smallest absolute Gasteiger partial charge is 0.175 e. The molecule has 21 heavy (non-hydrogen) atoms. The molecule has 112 valence electrons. The van der Waals surface area contributed by atoms with Crippen LogP contribution in [0.4, 0.5) is 11.4 Å². The first kappa shape index (κ1) is 15.3. The van der Waals surface area contributed by atoms with Crippen LogP contribution in [0.1, 0.15) is 11.6 Å². The van der Waals surface area contributed by atoms with E-state index in [0.717, 1.165) is 11.8 Å². The quantitative estimate of drug-likeness (QED) is 0.733. The Morgan fingerprint density at radius 2 is 1.86 bits per heavy atom. The number of aliphatic hydroxyl groups is 1. The summed E-state index contributed by atoms with van der Waals surface area (Å²) in [7, 11) is -3.29. The van der Waals surface area contributed by atoms with E-state index in [2.05, 4.69) is 5.32 Å². The van der Waals surface area contributed by atoms with E-state index in [1.165, 1.54) is 12.1 Å². The first-order valence-electron chi connectivity index (χ1n) is 6.43. The molecule has 0 bridgehead atoms. The predicted octanol–water partition coefficient (Wildman–Crippen LogP) is 1.82. The summed E-state index contributed by atoms with van der Waals surface area (Å²) in [6.07, 6.45) is 1.13. The summed E-state index contributed by atoms with van der Waals surface area (Å²) in [6, 6.07) is 13.7. The molecule has 1 atom stereocenters. The lowest BCUT2D eigenvalue weighted by molar-refractivity contribution is 0.276. The maximum Gasteiger partial charge on any atom is 0.175 e. The standard InChI is InChI=1S/C15H18N2O3S/c1-21(19,20)12-7-8-14(13(16)9-12)17-15(10-18)11-5-3-2-4-6-11/h2-9,15,17-18H,10,16H2,1H3. The lowest BCUT2D eigenvalue weighted by atomic mass is 10.1. The maximum atomic E-state index is 11.5. The van der Waals surface area contributed by atoms with Gasteiger partial charge >= 0.3 is 0 Å². The second-order valence-corrected chi connectivity index (χ2v) is 6.83. The number of hydrogen-bond donors (Lipinski definition) is 3. The molecular formula is C15H18N2O3S. The van der Waals surface area contributed by atoms with Crippen molar-refractivity contribution < 1.29 is 13.5 Å². The van der Waals surface area contributed by atoms with Gasteiger partial charge in [-0.05, 0) is 23.8 Å². The minimum atomic E-state index is -3.29. The van der Waals surface area contributed by atoms with Crippen molar-refractivity contribution in [2.45, 2.75) is 10.9 Å². The highest BCUT2D eigenvalue weighted by molar-refractivity contribution is 7.90. The Morgan fingerprint density at radius 1 is 1.19 bits per heavy atom. The summed E-state index contributed by atoms with van der Waals surface area (Å²) in [5.74, 6) is 0. The van der Waals surface area contributed by atoms with E-state index in [1.54, 1.807) is 6.07 Å². The number of anilines is 2. The zero-order chi connectivity index (χ0) is 15.5. The van der Waals surface area contributed by atoms with Crippen molar-refractivity contribution in [3.05, 3.63) is 54.1 Å². The molecule has 2 aromatic carbocycles. The number of benzene rings is 2. The van der Waals surface area contributed by atoms with Crippen molar-refractivity contribution in [1.82, 2.24) is 0 Å². The van der Waals surface area contributed by atoms with Crippen LogP contribution < -0.4 is 11.1 Å². The van der Waals surface area contributed by atoms with Crippen molar-refractivity contribution in [3.63, 3.8) is 0 Å². The summed E-state index contributed by atoms with van der Waals surface area (Å²) in [5, 5.41) is 12.6. The molecule has 5 nitrogen and oxygen atoms in total. The number of aliphatic hydroxyl groups excluding tert-OH is 1. The lowest BCUT2D eigenvalue weighted by Crippen LogP contribution is -2.16. The Hall–Kier alpha value is -2.05. The van der Waals surface area contributed by atoms with E-state index < -0.39 is 9.84 Å². The molecule has 0 saturated carbocycles. The molecule has 6 heteroatoms. The zero-order valence-corrected chi connectivity index (χ0v) is 12.5. The Balaban J connectivity index is 2.27. The molecule has 1 unspecified atom stereocenters. The number of rotatable bonds is 5. The average Bonchev–Trinajstić information content (AvgIpc) is 2.46. The number of nitrogen functional groups attached to an aromatic ring is 1. The van der Waals surface area contributed by atoms with E-state index in [1.807, 2.05) is 30.3 Å². The Bertz CT molecular complexity index is 715.